The number of carbonyl (C=O) groups is 1. The molecule has 0 fully saturated rings. The standard InChI is InChI=1S/C11H12F2N6O/c12-11(13,5-14)6-15-10(20)8-1-3-9(4-2-8)19-7-16-17-18-19/h1-4,7H,5-6,14H2,(H,15,20). The quantitative estimate of drug-likeness (QED) is 0.803. The number of hydrogen-bond acceptors (Lipinski definition) is 5. The molecule has 0 aliphatic heterocycles. The molecule has 3 N–H and O–H groups in total. The lowest BCUT2D eigenvalue weighted by atomic mass is 10.2. The van der Waals surface area contributed by atoms with Crippen LogP contribution in [0.25, 0.3) is 5.69 Å². The Kier molecular flexibility index (Phi) is 3.99. The molecule has 0 unspecified atom stereocenters. The van der Waals surface area contributed by atoms with Gasteiger partial charge in [-0.1, -0.05) is 0 Å². The van der Waals surface area contributed by atoms with Crippen LogP contribution in [0.5, 0.6) is 0 Å². The summed E-state index contributed by atoms with van der Waals surface area (Å²) in [7, 11) is 0. The lowest BCUT2D eigenvalue weighted by molar-refractivity contribution is 0.0118. The van der Waals surface area contributed by atoms with Gasteiger partial charge in [0.15, 0.2) is 0 Å². The van der Waals surface area contributed by atoms with Gasteiger partial charge in [-0.05, 0) is 34.7 Å². The summed E-state index contributed by atoms with van der Waals surface area (Å²) in [6.07, 6.45) is 1.40. The Balaban J connectivity index is 2.01. The van der Waals surface area contributed by atoms with Crippen LogP contribution in [-0.4, -0.2) is 45.1 Å². The molecular formula is C11H12F2N6O. The molecule has 0 saturated carbocycles. The monoisotopic (exact) mass is 282 g/mol. The molecular weight excluding hydrogens is 270 g/mol. The van der Waals surface area contributed by atoms with Crippen LogP contribution in [0.2, 0.25) is 0 Å². The number of amides is 1. The maximum atomic E-state index is 12.9. The predicted molar refractivity (Wildman–Crippen MR) is 65.5 cm³/mol. The Hall–Kier alpha value is -2.42. The number of halogens is 2. The van der Waals surface area contributed by atoms with E-state index < -0.39 is 24.9 Å². The third-order valence-corrected chi connectivity index (χ3v) is 2.55. The van der Waals surface area contributed by atoms with Crippen molar-refractivity contribution in [2.24, 2.45) is 5.73 Å². The number of alkyl halides is 2. The summed E-state index contributed by atoms with van der Waals surface area (Å²) in [6.45, 7) is -1.61. The van der Waals surface area contributed by atoms with E-state index >= 15 is 0 Å². The molecule has 0 aliphatic carbocycles. The van der Waals surface area contributed by atoms with E-state index in [-0.39, 0.29) is 5.56 Å². The first-order chi connectivity index (χ1) is 9.52. The fourth-order valence-corrected chi connectivity index (χ4v) is 1.43. The first-order valence-corrected chi connectivity index (χ1v) is 5.71. The molecule has 2 aromatic rings. The second-order valence-corrected chi connectivity index (χ2v) is 4.04. The molecule has 106 valence electrons. The zero-order valence-corrected chi connectivity index (χ0v) is 10.3. The fourth-order valence-electron chi connectivity index (χ4n) is 1.43. The highest BCUT2D eigenvalue weighted by Crippen LogP contribution is 2.11. The summed E-state index contributed by atoms with van der Waals surface area (Å²) in [5, 5.41) is 12.8. The second kappa shape index (κ2) is 5.70. The van der Waals surface area contributed by atoms with E-state index in [1.807, 2.05) is 0 Å². The van der Waals surface area contributed by atoms with Crippen LogP contribution >= 0.6 is 0 Å². The van der Waals surface area contributed by atoms with Crippen LogP contribution in [0.15, 0.2) is 30.6 Å². The Morgan fingerprint density at radius 2 is 2.05 bits per heavy atom. The van der Waals surface area contributed by atoms with Crippen molar-refractivity contribution >= 4 is 5.91 Å². The molecule has 0 spiro atoms. The van der Waals surface area contributed by atoms with E-state index in [0.29, 0.717) is 5.69 Å². The lowest BCUT2D eigenvalue weighted by Gasteiger charge is -2.14. The summed E-state index contributed by atoms with van der Waals surface area (Å²) in [6, 6.07) is 6.19. The minimum absolute atomic E-state index is 0.259. The molecule has 0 saturated heterocycles. The van der Waals surface area contributed by atoms with Crippen molar-refractivity contribution in [2.45, 2.75) is 5.92 Å². The topological polar surface area (TPSA) is 98.7 Å². The van der Waals surface area contributed by atoms with Gasteiger partial charge in [-0.15, -0.1) is 5.10 Å². The lowest BCUT2D eigenvalue weighted by Crippen LogP contribution is -2.41. The van der Waals surface area contributed by atoms with Crippen LogP contribution in [0, 0.1) is 0 Å². The maximum absolute atomic E-state index is 12.9. The van der Waals surface area contributed by atoms with Gasteiger partial charge in [0.25, 0.3) is 11.8 Å². The van der Waals surface area contributed by atoms with Gasteiger partial charge in [0.2, 0.25) is 0 Å². The molecule has 1 heterocycles. The Bertz CT molecular complexity index is 569. The predicted octanol–water partition coefficient (Wildman–Crippen LogP) is -0.0139. The van der Waals surface area contributed by atoms with Gasteiger partial charge >= 0.3 is 0 Å². The molecule has 7 nitrogen and oxygen atoms in total. The smallest absolute Gasteiger partial charge is 0.277 e. The van der Waals surface area contributed by atoms with Crippen molar-refractivity contribution in [3.8, 4) is 5.69 Å². The van der Waals surface area contributed by atoms with Crippen molar-refractivity contribution in [3.63, 3.8) is 0 Å². The Labute approximate surface area is 112 Å². The Morgan fingerprint density at radius 3 is 2.60 bits per heavy atom. The van der Waals surface area contributed by atoms with E-state index in [1.165, 1.54) is 23.1 Å². The summed E-state index contributed by atoms with van der Waals surface area (Å²) < 4.78 is 27.2. The average molecular weight is 282 g/mol. The number of nitrogens with zero attached hydrogens (tertiary/aromatic N) is 4. The molecule has 2 rings (SSSR count). The molecule has 1 aromatic carbocycles. The Morgan fingerprint density at radius 1 is 1.35 bits per heavy atom. The number of hydrogen-bond donors (Lipinski definition) is 2. The number of aromatic nitrogens is 4. The molecule has 1 amide bonds. The highest BCUT2D eigenvalue weighted by Gasteiger charge is 2.27. The third-order valence-electron chi connectivity index (χ3n) is 2.55. The summed E-state index contributed by atoms with van der Waals surface area (Å²) in [5.41, 5.74) is 5.79. The molecule has 0 radical (unpaired) electrons. The van der Waals surface area contributed by atoms with E-state index in [4.69, 9.17) is 5.73 Å². The van der Waals surface area contributed by atoms with Gasteiger partial charge in [-0.3, -0.25) is 4.79 Å². The second-order valence-electron chi connectivity index (χ2n) is 4.04. The largest absolute Gasteiger partial charge is 0.346 e. The van der Waals surface area contributed by atoms with Crippen molar-refractivity contribution in [1.29, 1.82) is 0 Å². The van der Waals surface area contributed by atoms with Gasteiger partial charge in [0.1, 0.15) is 6.33 Å². The normalized spacial score (nSPS) is 11.3. The number of carbonyl (C=O) groups excluding carboxylic acids is 1. The van der Waals surface area contributed by atoms with Crippen LogP contribution in [0.3, 0.4) is 0 Å². The summed E-state index contributed by atoms with van der Waals surface area (Å²) >= 11 is 0. The van der Waals surface area contributed by atoms with Crippen molar-refractivity contribution in [3.05, 3.63) is 36.2 Å². The summed E-state index contributed by atoms with van der Waals surface area (Å²) in [5.74, 6) is -3.71. The first-order valence-electron chi connectivity index (χ1n) is 5.71. The zero-order valence-electron chi connectivity index (χ0n) is 10.3. The minimum Gasteiger partial charge on any atom is -0.346 e. The van der Waals surface area contributed by atoms with E-state index in [1.54, 1.807) is 12.1 Å². The average Bonchev–Trinajstić information content (AvgIpc) is 2.99. The van der Waals surface area contributed by atoms with Gasteiger partial charge in [-0.25, -0.2) is 13.5 Å². The van der Waals surface area contributed by atoms with Crippen LogP contribution < -0.4 is 11.1 Å². The number of tetrazole rings is 1. The fraction of sp³-hybridized carbons (Fsp3) is 0.273. The maximum Gasteiger partial charge on any atom is 0.277 e. The van der Waals surface area contributed by atoms with Crippen LogP contribution in [-0.2, 0) is 0 Å². The van der Waals surface area contributed by atoms with E-state index in [2.05, 4.69) is 20.8 Å². The molecule has 0 aliphatic rings. The van der Waals surface area contributed by atoms with E-state index in [0.717, 1.165) is 0 Å². The minimum atomic E-state index is -3.11. The van der Waals surface area contributed by atoms with Crippen LogP contribution in [0.1, 0.15) is 10.4 Å². The zero-order chi connectivity index (χ0) is 14.6. The molecule has 20 heavy (non-hydrogen) atoms. The van der Waals surface area contributed by atoms with Crippen molar-refractivity contribution in [2.75, 3.05) is 13.1 Å². The van der Waals surface area contributed by atoms with Gasteiger partial charge in [0, 0.05) is 5.56 Å². The highest BCUT2D eigenvalue weighted by molar-refractivity contribution is 5.94. The van der Waals surface area contributed by atoms with Crippen molar-refractivity contribution < 1.29 is 13.6 Å². The van der Waals surface area contributed by atoms with Crippen molar-refractivity contribution in [1.82, 2.24) is 25.5 Å². The number of nitrogens with one attached hydrogen (secondary N) is 1. The number of nitrogens with two attached hydrogens (primary N) is 1. The molecule has 0 atom stereocenters. The molecule has 9 heteroatoms. The van der Waals surface area contributed by atoms with Gasteiger partial charge in [0.05, 0.1) is 18.8 Å². The number of rotatable bonds is 5. The highest BCUT2D eigenvalue weighted by atomic mass is 19.3. The van der Waals surface area contributed by atoms with Gasteiger partial charge < -0.3 is 11.1 Å². The molecule has 0 bridgehead atoms. The first kappa shape index (κ1) is 14.0. The number of benzene rings is 1. The molecule has 1 aromatic heterocycles. The van der Waals surface area contributed by atoms with Crippen LogP contribution in [0.4, 0.5) is 8.78 Å². The summed E-state index contributed by atoms with van der Waals surface area (Å²) in [4.78, 5) is 11.7. The van der Waals surface area contributed by atoms with E-state index in [9.17, 15) is 13.6 Å². The van der Waals surface area contributed by atoms with Gasteiger partial charge in [-0.2, -0.15) is 0 Å². The SMILES string of the molecule is NCC(F)(F)CNC(=O)c1ccc(-n2cnnn2)cc1. The third kappa shape index (κ3) is 3.32.